The average Bonchev–Trinajstić information content (AvgIpc) is 2.82. The molecule has 1 saturated heterocycles. The molecule has 0 bridgehead atoms. The van der Waals surface area contributed by atoms with Gasteiger partial charge in [-0.15, -0.1) is 0 Å². The van der Waals surface area contributed by atoms with Crippen LogP contribution in [0.5, 0.6) is 0 Å². The van der Waals surface area contributed by atoms with E-state index in [1.54, 1.807) is 0 Å². The Morgan fingerprint density at radius 1 is 1.50 bits per heavy atom. The molecule has 1 aromatic rings. The summed E-state index contributed by atoms with van der Waals surface area (Å²) in [7, 11) is -1.06. The lowest BCUT2D eigenvalue weighted by molar-refractivity contribution is 0.126. The van der Waals surface area contributed by atoms with Gasteiger partial charge in [0.15, 0.2) is 0 Å². The highest BCUT2D eigenvalue weighted by molar-refractivity contribution is 7.86. The average molecular weight is 263 g/mol. The van der Waals surface area contributed by atoms with Crippen molar-refractivity contribution in [1.82, 2.24) is 0 Å². The minimum atomic E-state index is -1.06. The third-order valence-corrected chi connectivity index (χ3v) is 5.55. The van der Waals surface area contributed by atoms with Crippen molar-refractivity contribution in [3.05, 3.63) is 35.9 Å². The van der Waals surface area contributed by atoms with E-state index < -0.39 is 10.8 Å². The Balaban J connectivity index is 2.20. The first-order chi connectivity index (χ1) is 8.74. The normalized spacial score (nSPS) is 26.4. The predicted molar refractivity (Wildman–Crippen MR) is 71.4 cm³/mol. The highest BCUT2D eigenvalue weighted by Crippen LogP contribution is 2.31. The fourth-order valence-electron chi connectivity index (χ4n) is 2.31. The summed E-state index contributed by atoms with van der Waals surface area (Å²) in [6.45, 7) is 2.63. The number of benzene rings is 1. The molecular formula is C14H17NO2S. The molecule has 1 heterocycles. The number of hydrogen-bond donors (Lipinski definition) is 0. The first-order valence-corrected chi connectivity index (χ1v) is 7.44. The largest absolute Gasteiger partial charge is 0.377 e. The molecule has 1 aliphatic heterocycles. The number of hydrogen-bond acceptors (Lipinski definition) is 3. The molecule has 1 aliphatic rings. The van der Waals surface area contributed by atoms with Crippen LogP contribution in [0, 0.1) is 11.3 Å². The van der Waals surface area contributed by atoms with Gasteiger partial charge in [0.1, 0.15) is 0 Å². The zero-order chi connectivity index (χ0) is 13.0. The molecule has 0 aromatic heterocycles. The standard InChI is InChI=1S/C14H17NO2S/c1-11-13(8-10-17-11)18(16)14(7-9-15)12-5-3-2-4-6-12/h2-6,11,13-14H,7-8,10H2,1H3. The molecule has 1 fully saturated rings. The Morgan fingerprint density at radius 3 is 2.78 bits per heavy atom. The van der Waals surface area contributed by atoms with E-state index in [9.17, 15) is 4.21 Å². The van der Waals surface area contributed by atoms with Gasteiger partial charge in [0.2, 0.25) is 0 Å². The van der Waals surface area contributed by atoms with E-state index in [4.69, 9.17) is 10.00 Å². The number of rotatable bonds is 4. The summed E-state index contributed by atoms with van der Waals surface area (Å²) in [4.78, 5) is 0. The smallest absolute Gasteiger partial charge is 0.0730 e. The van der Waals surface area contributed by atoms with Crippen molar-refractivity contribution in [1.29, 1.82) is 5.26 Å². The van der Waals surface area contributed by atoms with Crippen molar-refractivity contribution in [3.63, 3.8) is 0 Å². The van der Waals surface area contributed by atoms with Crippen LogP contribution in [0.1, 0.15) is 30.6 Å². The second-order valence-corrected chi connectivity index (χ2v) is 6.32. The fraction of sp³-hybridized carbons (Fsp3) is 0.500. The predicted octanol–water partition coefficient (Wildman–Crippen LogP) is 2.57. The fourth-order valence-corrected chi connectivity index (χ4v) is 4.18. The third kappa shape index (κ3) is 2.80. The zero-order valence-electron chi connectivity index (χ0n) is 10.4. The van der Waals surface area contributed by atoms with Gasteiger partial charge in [-0.1, -0.05) is 30.3 Å². The third-order valence-electron chi connectivity index (χ3n) is 3.33. The Kier molecular flexibility index (Phi) is 4.51. The number of nitrogens with zero attached hydrogens (tertiary/aromatic N) is 1. The molecule has 2 rings (SSSR count). The Morgan fingerprint density at radius 2 is 2.22 bits per heavy atom. The van der Waals surface area contributed by atoms with Crippen LogP contribution in [0.2, 0.25) is 0 Å². The molecule has 4 heteroatoms. The molecule has 3 nitrogen and oxygen atoms in total. The summed E-state index contributed by atoms with van der Waals surface area (Å²) < 4.78 is 18.1. The summed E-state index contributed by atoms with van der Waals surface area (Å²) >= 11 is 0. The monoisotopic (exact) mass is 263 g/mol. The van der Waals surface area contributed by atoms with Crippen LogP contribution in [-0.4, -0.2) is 22.2 Å². The lowest BCUT2D eigenvalue weighted by atomic mass is 10.1. The second kappa shape index (κ2) is 6.12. The molecule has 0 saturated carbocycles. The minimum absolute atomic E-state index is 0.0238. The van der Waals surface area contributed by atoms with E-state index in [-0.39, 0.29) is 16.6 Å². The van der Waals surface area contributed by atoms with E-state index >= 15 is 0 Å². The van der Waals surface area contributed by atoms with Crippen molar-refractivity contribution >= 4 is 10.8 Å². The van der Waals surface area contributed by atoms with E-state index in [0.29, 0.717) is 13.0 Å². The Bertz CT molecular complexity index is 455. The van der Waals surface area contributed by atoms with Crippen LogP contribution in [0.25, 0.3) is 0 Å². The first kappa shape index (κ1) is 13.3. The molecule has 4 unspecified atom stereocenters. The minimum Gasteiger partial charge on any atom is -0.377 e. The molecule has 18 heavy (non-hydrogen) atoms. The van der Waals surface area contributed by atoms with Gasteiger partial charge < -0.3 is 4.74 Å². The van der Waals surface area contributed by atoms with Crippen LogP contribution in [0.3, 0.4) is 0 Å². The summed E-state index contributed by atoms with van der Waals surface area (Å²) in [5.41, 5.74) is 0.983. The van der Waals surface area contributed by atoms with Gasteiger partial charge in [-0.2, -0.15) is 5.26 Å². The Labute approximate surface area is 110 Å². The molecule has 0 amide bonds. The van der Waals surface area contributed by atoms with E-state index in [0.717, 1.165) is 12.0 Å². The lowest BCUT2D eigenvalue weighted by Gasteiger charge is -2.20. The Hall–Kier alpha value is -1.18. The highest BCUT2D eigenvalue weighted by Gasteiger charge is 2.34. The maximum Gasteiger partial charge on any atom is 0.0730 e. The molecule has 1 aromatic carbocycles. The van der Waals surface area contributed by atoms with Gasteiger partial charge in [-0.3, -0.25) is 4.21 Å². The molecule has 4 atom stereocenters. The zero-order valence-corrected chi connectivity index (χ0v) is 11.2. The van der Waals surface area contributed by atoms with E-state index in [2.05, 4.69) is 6.07 Å². The molecule has 0 spiro atoms. The van der Waals surface area contributed by atoms with Gasteiger partial charge in [0.25, 0.3) is 0 Å². The van der Waals surface area contributed by atoms with Crippen LogP contribution >= 0.6 is 0 Å². The SMILES string of the molecule is CC1OCCC1S(=O)C(CC#N)c1ccccc1. The van der Waals surface area contributed by atoms with Crippen LogP contribution in [-0.2, 0) is 15.5 Å². The van der Waals surface area contributed by atoms with Crippen molar-refractivity contribution < 1.29 is 8.95 Å². The van der Waals surface area contributed by atoms with Crippen LogP contribution in [0.4, 0.5) is 0 Å². The number of nitriles is 1. The maximum atomic E-state index is 12.6. The topological polar surface area (TPSA) is 50.1 Å². The van der Waals surface area contributed by atoms with Gasteiger partial charge in [0.05, 0.1) is 29.1 Å². The summed E-state index contributed by atoms with van der Waals surface area (Å²) in [6.07, 6.45) is 1.14. The molecule has 96 valence electrons. The van der Waals surface area contributed by atoms with Crippen molar-refractivity contribution in [2.45, 2.75) is 36.4 Å². The maximum absolute atomic E-state index is 12.6. The van der Waals surface area contributed by atoms with Crippen LogP contribution in [0.15, 0.2) is 30.3 Å². The van der Waals surface area contributed by atoms with Gasteiger partial charge >= 0.3 is 0 Å². The highest BCUT2D eigenvalue weighted by atomic mass is 32.2. The summed E-state index contributed by atoms with van der Waals surface area (Å²) in [6, 6.07) is 11.8. The van der Waals surface area contributed by atoms with E-state index in [1.165, 1.54) is 0 Å². The van der Waals surface area contributed by atoms with Gasteiger partial charge in [-0.05, 0) is 18.9 Å². The van der Waals surface area contributed by atoms with E-state index in [1.807, 2.05) is 37.3 Å². The lowest BCUT2D eigenvalue weighted by Crippen LogP contribution is -2.27. The quantitative estimate of drug-likeness (QED) is 0.839. The molecule has 0 N–H and O–H groups in total. The van der Waals surface area contributed by atoms with Crippen molar-refractivity contribution in [3.8, 4) is 6.07 Å². The van der Waals surface area contributed by atoms with Crippen molar-refractivity contribution in [2.24, 2.45) is 0 Å². The molecular weight excluding hydrogens is 246 g/mol. The van der Waals surface area contributed by atoms with Gasteiger partial charge in [-0.25, -0.2) is 0 Å². The summed E-state index contributed by atoms with van der Waals surface area (Å²) in [5.74, 6) is 0. The summed E-state index contributed by atoms with van der Waals surface area (Å²) in [5, 5.41) is 8.78. The van der Waals surface area contributed by atoms with Crippen LogP contribution < -0.4 is 0 Å². The second-order valence-electron chi connectivity index (χ2n) is 4.49. The van der Waals surface area contributed by atoms with Crippen molar-refractivity contribution in [2.75, 3.05) is 6.61 Å². The molecule has 0 aliphatic carbocycles. The first-order valence-electron chi connectivity index (χ1n) is 6.17. The van der Waals surface area contributed by atoms with Gasteiger partial charge in [0, 0.05) is 17.4 Å². The molecule has 0 radical (unpaired) electrons. The number of ether oxygens (including phenoxy) is 1.